The first-order valence-electron chi connectivity index (χ1n) is 11.8. The maximum atomic E-state index is 13.1. The van der Waals surface area contributed by atoms with Gasteiger partial charge in [-0.3, -0.25) is 9.69 Å². The van der Waals surface area contributed by atoms with E-state index < -0.39 is 6.10 Å². The first-order valence-corrected chi connectivity index (χ1v) is 12.7. The van der Waals surface area contributed by atoms with Crippen molar-refractivity contribution in [2.75, 3.05) is 40.0 Å². The van der Waals surface area contributed by atoms with Crippen molar-refractivity contribution in [1.82, 2.24) is 14.9 Å². The lowest BCUT2D eigenvalue weighted by molar-refractivity contribution is 0.00544. The lowest BCUT2D eigenvalue weighted by Gasteiger charge is -2.24. The summed E-state index contributed by atoms with van der Waals surface area (Å²) in [7, 11) is 1.68. The van der Waals surface area contributed by atoms with Crippen LogP contribution in [-0.2, 0) is 16.0 Å². The van der Waals surface area contributed by atoms with Gasteiger partial charge in [-0.1, -0.05) is 32.0 Å². The van der Waals surface area contributed by atoms with Gasteiger partial charge in [-0.2, -0.15) is 0 Å². The molecule has 0 aliphatic carbocycles. The van der Waals surface area contributed by atoms with Crippen molar-refractivity contribution in [3.05, 3.63) is 50.9 Å². The SMILES string of the molecule is COCCCN(Cc1nc2scc(-c3ccc(C)c(C)c3)c2c(=O)[nH]1)CC(O)COCC(C)C. The third-order valence-corrected chi connectivity index (χ3v) is 6.61. The smallest absolute Gasteiger partial charge is 0.260 e. The molecule has 34 heavy (non-hydrogen) atoms. The number of H-pyrrole nitrogens is 1. The zero-order valence-electron chi connectivity index (χ0n) is 20.9. The zero-order chi connectivity index (χ0) is 24.7. The van der Waals surface area contributed by atoms with Crippen molar-refractivity contribution in [2.45, 2.75) is 46.8 Å². The fourth-order valence-electron chi connectivity index (χ4n) is 3.86. The Bertz CT molecular complexity index is 1120. The Hall–Kier alpha value is -2.10. The molecule has 186 valence electrons. The summed E-state index contributed by atoms with van der Waals surface area (Å²) >= 11 is 1.48. The molecule has 2 aromatic heterocycles. The molecule has 0 aliphatic heterocycles. The largest absolute Gasteiger partial charge is 0.389 e. The molecule has 0 spiro atoms. The van der Waals surface area contributed by atoms with E-state index in [1.807, 2.05) is 5.38 Å². The van der Waals surface area contributed by atoms with Crippen molar-refractivity contribution >= 4 is 21.6 Å². The fraction of sp³-hybridized carbons (Fsp3) is 0.538. The van der Waals surface area contributed by atoms with Gasteiger partial charge in [-0.05, 0) is 42.9 Å². The van der Waals surface area contributed by atoms with Crippen LogP contribution in [0.4, 0.5) is 0 Å². The molecular weight excluding hydrogens is 450 g/mol. The van der Waals surface area contributed by atoms with Gasteiger partial charge in [0.2, 0.25) is 0 Å². The summed E-state index contributed by atoms with van der Waals surface area (Å²) < 4.78 is 10.8. The predicted octanol–water partition coefficient (Wildman–Crippen LogP) is 4.14. The number of fused-ring (bicyclic) bond motifs is 1. The second-order valence-electron chi connectivity index (χ2n) is 9.31. The first kappa shape index (κ1) is 26.5. The number of ether oxygens (including phenoxy) is 2. The Balaban J connectivity index is 1.78. The summed E-state index contributed by atoms with van der Waals surface area (Å²) in [6, 6.07) is 6.25. The van der Waals surface area contributed by atoms with E-state index in [2.05, 4.69) is 55.8 Å². The second-order valence-corrected chi connectivity index (χ2v) is 10.2. The van der Waals surface area contributed by atoms with Gasteiger partial charge in [0.1, 0.15) is 10.7 Å². The second kappa shape index (κ2) is 12.6. The van der Waals surface area contributed by atoms with Crippen molar-refractivity contribution in [2.24, 2.45) is 5.92 Å². The lowest BCUT2D eigenvalue weighted by Crippen LogP contribution is -2.36. The summed E-state index contributed by atoms with van der Waals surface area (Å²) in [5.41, 5.74) is 4.23. The summed E-state index contributed by atoms with van der Waals surface area (Å²) in [6.45, 7) is 11.4. The number of aryl methyl sites for hydroxylation is 2. The zero-order valence-corrected chi connectivity index (χ0v) is 21.7. The molecule has 1 unspecified atom stereocenters. The minimum atomic E-state index is -0.616. The van der Waals surface area contributed by atoms with Crippen molar-refractivity contribution in [1.29, 1.82) is 0 Å². The molecular formula is C26H37N3O4S. The van der Waals surface area contributed by atoms with Gasteiger partial charge in [0.05, 0.1) is 24.6 Å². The van der Waals surface area contributed by atoms with Crippen LogP contribution < -0.4 is 5.56 Å². The molecule has 3 aromatic rings. The van der Waals surface area contributed by atoms with Crippen molar-refractivity contribution in [3.8, 4) is 11.1 Å². The Labute approximate surface area is 205 Å². The Kier molecular flexibility index (Phi) is 9.79. The average molecular weight is 488 g/mol. The van der Waals surface area contributed by atoms with Crippen LogP contribution in [0.2, 0.25) is 0 Å². The molecule has 1 aromatic carbocycles. The number of methoxy groups -OCH3 is 1. The number of hydrogen-bond donors (Lipinski definition) is 2. The maximum absolute atomic E-state index is 13.1. The number of aromatic nitrogens is 2. The summed E-state index contributed by atoms with van der Waals surface area (Å²) in [4.78, 5) is 23.6. The number of nitrogens with one attached hydrogen (secondary N) is 1. The van der Waals surface area contributed by atoms with Gasteiger partial charge in [-0.25, -0.2) is 4.98 Å². The first-order chi connectivity index (χ1) is 16.3. The predicted molar refractivity (Wildman–Crippen MR) is 139 cm³/mol. The van der Waals surface area contributed by atoms with Crippen LogP contribution in [-0.4, -0.2) is 66.1 Å². The molecule has 0 aliphatic rings. The molecule has 0 saturated heterocycles. The highest BCUT2D eigenvalue weighted by molar-refractivity contribution is 7.17. The van der Waals surface area contributed by atoms with E-state index >= 15 is 0 Å². The number of rotatable bonds is 13. The molecule has 0 saturated carbocycles. The molecule has 2 N–H and O–H groups in total. The summed E-state index contributed by atoms with van der Waals surface area (Å²) in [6.07, 6.45) is 0.202. The van der Waals surface area contributed by atoms with E-state index in [4.69, 9.17) is 14.5 Å². The van der Waals surface area contributed by atoms with Crippen molar-refractivity contribution < 1.29 is 14.6 Å². The van der Waals surface area contributed by atoms with E-state index in [0.717, 1.165) is 28.9 Å². The third kappa shape index (κ3) is 7.20. The lowest BCUT2D eigenvalue weighted by atomic mass is 10.0. The third-order valence-electron chi connectivity index (χ3n) is 5.74. The monoisotopic (exact) mass is 487 g/mol. The van der Waals surface area contributed by atoms with Crippen LogP contribution in [0.25, 0.3) is 21.3 Å². The average Bonchev–Trinajstić information content (AvgIpc) is 3.20. The van der Waals surface area contributed by atoms with Crippen LogP contribution >= 0.6 is 11.3 Å². The minimum absolute atomic E-state index is 0.132. The maximum Gasteiger partial charge on any atom is 0.260 e. The van der Waals surface area contributed by atoms with Crippen molar-refractivity contribution in [3.63, 3.8) is 0 Å². The van der Waals surface area contributed by atoms with Gasteiger partial charge in [0, 0.05) is 44.4 Å². The molecule has 8 heteroatoms. The van der Waals surface area contributed by atoms with E-state index in [0.29, 0.717) is 43.4 Å². The fourth-order valence-corrected chi connectivity index (χ4v) is 4.83. The summed E-state index contributed by atoms with van der Waals surface area (Å²) in [5, 5.41) is 13.1. The van der Waals surface area contributed by atoms with E-state index in [-0.39, 0.29) is 12.2 Å². The van der Waals surface area contributed by atoms with E-state index in [1.165, 1.54) is 22.5 Å². The molecule has 0 amide bonds. The number of aliphatic hydroxyl groups is 1. The standard InChI is InChI=1S/C26H37N3O4S/c1-17(2)14-33-15-21(30)12-29(9-6-10-32-5)13-23-27-25(31)24-22(16-34-26(24)28-23)20-8-7-18(3)19(4)11-20/h7-8,11,16-17,21,30H,6,9-10,12-15H2,1-5H3,(H,27,28,31). The molecule has 2 heterocycles. The van der Waals surface area contributed by atoms with Gasteiger partial charge in [0.15, 0.2) is 0 Å². The molecule has 0 radical (unpaired) electrons. The normalized spacial score (nSPS) is 12.8. The number of hydrogen-bond acceptors (Lipinski definition) is 7. The molecule has 1 atom stereocenters. The highest BCUT2D eigenvalue weighted by Gasteiger charge is 2.17. The Morgan fingerprint density at radius 2 is 2.00 bits per heavy atom. The van der Waals surface area contributed by atoms with E-state index in [9.17, 15) is 9.90 Å². The molecule has 3 rings (SSSR count). The molecule has 0 bridgehead atoms. The Morgan fingerprint density at radius 1 is 1.21 bits per heavy atom. The van der Waals surface area contributed by atoms with Gasteiger partial charge >= 0.3 is 0 Å². The summed E-state index contributed by atoms with van der Waals surface area (Å²) in [5.74, 6) is 1.02. The number of aromatic amines is 1. The number of thiophene rings is 1. The topological polar surface area (TPSA) is 87.7 Å². The number of benzene rings is 1. The van der Waals surface area contributed by atoms with Crippen LogP contribution in [0.1, 0.15) is 37.2 Å². The van der Waals surface area contributed by atoms with E-state index in [1.54, 1.807) is 7.11 Å². The van der Waals surface area contributed by atoms with Crippen LogP contribution in [0.5, 0.6) is 0 Å². The Morgan fingerprint density at radius 3 is 2.71 bits per heavy atom. The van der Waals surface area contributed by atoms with Crippen LogP contribution in [0, 0.1) is 19.8 Å². The number of nitrogens with zero attached hydrogens (tertiary/aromatic N) is 2. The minimum Gasteiger partial charge on any atom is -0.389 e. The quantitative estimate of drug-likeness (QED) is 0.352. The highest BCUT2D eigenvalue weighted by atomic mass is 32.1. The highest BCUT2D eigenvalue weighted by Crippen LogP contribution is 2.31. The molecule has 7 nitrogen and oxygen atoms in total. The molecule has 0 fully saturated rings. The number of aliphatic hydroxyl groups excluding tert-OH is 1. The van der Waals surface area contributed by atoms with Gasteiger partial charge in [-0.15, -0.1) is 11.3 Å². The van der Waals surface area contributed by atoms with Gasteiger partial charge < -0.3 is 19.6 Å². The van der Waals surface area contributed by atoms with Crippen LogP contribution in [0.15, 0.2) is 28.4 Å². The van der Waals surface area contributed by atoms with Crippen LogP contribution in [0.3, 0.4) is 0 Å². The van der Waals surface area contributed by atoms with Gasteiger partial charge in [0.25, 0.3) is 5.56 Å².